The molecule has 0 saturated carbocycles. The van der Waals surface area contributed by atoms with Crippen LogP contribution < -0.4 is 10.4 Å². The van der Waals surface area contributed by atoms with E-state index in [-0.39, 0.29) is 97.7 Å². The Balaban J connectivity index is 0.000000291. The van der Waals surface area contributed by atoms with Crippen LogP contribution in [0.4, 0.5) is 0 Å². The number of hydrogen-bond donors (Lipinski definition) is 8. The van der Waals surface area contributed by atoms with Gasteiger partial charge in [-0.25, -0.2) is 0 Å². The minimum atomic E-state index is -1.38. The number of aliphatic hydroxyl groups excluding tert-OH is 8. The van der Waals surface area contributed by atoms with Crippen LogP contribution in [0, 0.1) is 112 Å². The third kappa shape index (κ3) is 32.8. The molecule has 4 heterocycles. The van der Waals surface area contributed by atoms with E-state index < -0.39 is 41.3 Å². The van der Waals surface area contributed by atoms with E-state index >= 15 is 0 Å². The molecular weight excluding hydrogens is 2460 g/mol. The molecule has 0 amide bonds. The number of aromatic nitrogens is 4. The summed E-state index contributed by atoms with van der Waals surface area (Å²) < 4.78 is 0. The molecule has 13 aromatic rings. The van der Waals surface area contributed by atoms with Gasteiger partial charge in [-0.1, -0.05) is 292 Å². The first-order valence-electron chi connectivity index (χ1n) is 48.8. The van der Waals surface area contributed by atoms with Crippen molar-refractivity contribution in [1.29, 1.82) is 0 Å². The number of hydrogen-bond acceptors (Lipinski definition) is 12. The molecule has 8 N–H and O–H groups in total. The Morgan fingerprint density at radius 3 is 1.02 bits per heavy atom. The van der Waals surface area contributed by atoms with Gasteiger partial charge in [0.05, 0.1) is 86.4 Å². The predicted octanol–water partition coefficient (Wildman–Crippen LogP) is 28.0. The molecule has 4 radical (unpaired) electrons. The molecule has 12 nitrogen and oxygen atoms in total. The Labute approximate surface area is 888 Å². The summed E-state index contributed by atoms with van der Waals surface area (Å²) in [5.74, 6) is 2.20. The Morgan fingerprint density at radius 2 is 0.698 bits per heavy atom. The molecule has 4 unspecified atom stereocenters. The number of allylic oxidation sites excluding steroid dienone is 4. The molecule has 0 saturated heterocycles. The third-order valence-electron chi connectivity index (χ3n) is 24.6. The Kier molecular flexibility index (Phi) is 47.9. The monoisotopic (exact) mass is 2620 g/mol. The maximum absolute atomic E-state index is 9.47. The van der Waals surface area contributed by atoms with Crippen molar-refractivity contribution >= 4 is 70.9 Å². The van der Waals surface area contributed by atoms with Crippen molar-refractivity contribution in [2.24, 2.45) is 11.8 Å². The molecule has 4 aliphatic rings. The van der Waals surface area contributed by atoms with Crippen molar-refractivity contribution in [3.05, 3.63) is 316 Å². The van der Waals surface area contributed by atoms with Crippen LogP contribution in [0.25, 0.3) is 99.8 Å². The summed E-state index contributed by atoms with van der Waals surface area (Å²) in [4.78, 5) is 20.4. The summed E-state index contributed by atoms with van der Waals surface area (Å²) in [6, 6.07) is 63.7. The first kappa shape index (κ1) is 121. The number of pyridine rings is 4. The summed E-state index contributed by atoms with van der Waals surface area (Å²) in [6.07, 6.45) is 13.6. The molecule has 4 aliphatic carbocycles. The number of aliphatic hydroxyl groups is 8. The van der Waals surface area contributed by atoms with Gasteiger partial charge >= 0.3 is 0 Å². The van der Waals surface area contributed by atoms with Gasteiger partial charge in [-0.2, -0.15) is 0 Å². The number of aryl methyl sites for hydroxylation is 15. The second kappa shape index (κ2) is 54.9. The predicted molar refractivity (Wildman–Crippen MR) is 578 cm³/mol. The fourth-order valence-corrected chi connectivity index (χ4v) is 22.2. The van der Waals surface area contributed by atoms with Crippen molar-refractivity contribution in [3.63, 3.8) is 0 Å². The summed E-state index contributed by atoms with van der Waals surface area (Å²) in [6.45, 7) is 62.0. The first-order chi connectivity index (χ1) is 63.6. The van der Waals surface area contributed by atoms with Crippen LogP contribution in [0.15, 0.2) is 181 Å². The summed E-state index contributed by atoms with van der Waals surface area (Å²) in [5.41, 5.74) is 43.5. The number of benzene rings is 9. The second-order valence-electron chi connectivity index (χ2n) is 39.9. The van der Waals surface area contributed by atoms with Gasteiger partial charge in [0.1, 0.15) is 0 Å². The van der Waals surface area contributed by atoms with E-state index in [4.69, 9.17) is 50.6 Å². The Bertz CT molecular complexity index is 6280. The van der Waals surface area contributed by atoms with Gasteiger partial charge in [0.15, 0.2) is 0 Å². The summed E-state index contributed by atoms with van der Waals surface area (Å²) >= 11 is 0. The van der Waals surface area contributed by atoms with Crippen molar-refractivity contribution in [2.45, 2.75) is 300 Å². The minimum absolute atomic E-state index is 0. The van der Waals surface area contributed by atoms with Gasteiger partial charge in [-0.15, -0.1) is 138 Å². The smallest absolute Gasteiger partial charge is 0.0911 e. The SMILES string of the molecule is CC.CC(C)CC(O)=CC(O)CC(C)C.CC(O)=CC(C)O.CC(O)=CC(C)O.CC(O)=CC(C)O.Cc1[c-]c2c(c(C)c1)CCc1cc3c(-c4c(C)cc(C)cc4C)cccc3nc1-2.Cc1[c-]c2c(c(C)c1)CCc1cc3c(C(C)C)cccc3nc1-2.Cc1[c-]c2c(c(C)c1)CCc1cc3c([SiH](C)C)cccc3nc1-2.Cc1[c-]c2c(c(C)c1)CCc1cc3c([Si](C)(C)C)cccc3nc1-2.[Ir].[Ir].[Ir].[Ir]. The fraction of sp³-hybridized carbons (Fsp3) is 0.388. The van der Waals surface area contributed by atoms with Gasteiger partial charge in [0.2, 0.25) is 0 Å². The second-order valence-corrected chi connectivity index (χ2v) is 47.9. The molecule has 4 aromatic heterocycles. The van der Waals surface area contributed by atoms with Gasteiger partial charge in [-0.3, -0.25) is 19.9 Å². The van der Waals surface area contributed by atoms with E-state index in [1.165, 1.54) is 216 Å². The van der Waals surface area contributed by atoms with E-state index in [1.54, 1.807) is 26.8 Å². The standard InChI is InChI=1S/C28H26N.C22H24NSi.C22H22N.C21H22NSi.C11H22O2.3C5H10O2.C2H6.4Ir/c1-16-12-19(4)27(20(5)13-16)23-7-6-8-26-24(23)15-21-9-10-22-18(3)11-17(2)14-25(22)28(21)29-26;1-14-11-15(2)17-10-9-16-13-19-20(23-22(16)18(17)12-14)7-6-8-21(19)24(3,4)5;1-13(2)17-6-5-7-21-19(17)12-16-8-9-18-15(4)10-14(3)11-20(18)22(16)23-21;1-13-10-14(2)16-9-8-15-12-18-19(22-21(15)17(16)11-13)6-5-7-20(18)23(3)4;1-8(2)5-10(12)7-11(13)6-9(3)4;3*1-4(6)3-5(2)7;1-2;;;;/h6-8,11-13,15H,9-10H2,1-5H3;6-8,11,13H,9-10H2,1-5H3;5-7,10,12-13H,8-9H2,1-4H3;5-7,10,12,23H,8-9H2,1-4H3;7-10,12-13H,5-6H2,1-4H3;3*3-4,6-7H,1-2H3;1-2H3;;;;/q4*-1;;;;;;;;;. The van der Waals surface area contributed by atoms with E-state index in [1.807, 2.05) is 27.7 Å². The normalized spacial score (nSPS) is 13.4. The van der Waals surface area contributed by atoms with Crippen LogP contribution in [-0.4, -0.2) is 102 Å². The van der Waals surface area contributed by atoms with E-state index in [2.05, 4.69) is 294 Å². The van der Waals surface area contributed by atoms with Crippen molar-refractivity contribution < 1.29 is 121 Å². The van der Waals surface area contributed by atoms with E-state index in [0.29, 0.717) is 36.4 Å². The Morgan fingerprint density at radius 1 is 0.381 bits per heavy atom. The van der Waals surface area contributed by atoms with E-state index in [9.17, 15) is 10.2 Å². The van der Waals surface area contributed by atoms with Crippen molar-refractivity contribution in [3.8, 4) is 56.2 Å². The summed E-state index contributed by atoms with van der Waals surface area (Å²) in [5, 5.41) is 78.0. The maximum atomic E-state index is 9.47. The van der Waals surface area contributed by atoms with Crippen LogP contribution in [0.3, 0.4) is 0 Å². The Hall–Kier alpha value is -8.35. The quantitative estimate of drug-likeness (QED) is 0.0326. The average Bonchev–Trinajstić information content (AvgIpc) is 0.734. The average molecular weight is 2620 g/mol. The van der Waals surface area contributed by atoms with Crippen LogP contribution in [0.2, 0.25) is 32.7 Å². The molecule has 18 heteroatoms. The summed E-state index contributed by atoms with van der Waals surface area (Å²) in [7, 11) is -2.23. The molecule has 4 atom stereocenters. The molecule has 9 aromatic carbocycles. The van der Waals surface area contributed by atoms with Crippen LogP contribution in [0.1, 0.15) is 227 Å². The molecule has 752 valence electrons. The molecule has 0 spiro atoms. The van der Waals surface area contributed by atoms with Gasteiger partial charge in [0, 0.05) is 97.6 Å². The number of fused-ring (bicyclic) bond motifs is 16. The molecule has 139 heavy (non-hydrogen) atoms. The van der Waals surface area contributed by atoms with Gasteiger partial charge in [-0.05, 0) is 222 Å². The van der Waals surface area contributed by atoms with Gasteiger partial charge < -0.3 is 40.9 Å². The van der Waals surface area contributed by atoms with Crippen LogP contribution in [-0.2, 0) is 132 Å². The fourth-order valence-electron chi connectivity index (χ4n) is 19.2. The van der Waals surface area contributed by atoms with Crippen LogP contribution in [0.5, 0.6) is 0 Å². The van der Waals surface area contributed by atoms with E-state index in [0.717, 1.165) is 96.2 Å². The largest absolute Gasteiger partial charge is 0.513 e. The molecule has 0 bridgehead atoms. The molecule has 0 fully saturated rings. The van der Waals surface area contributed by atoms with Crippen molar-refractivity contribution in [1.82, 2.24) is 19.9 Å². The zero-order valence-corrected chi connectivity index (χ0v) is 99.6. The topological polar surface area (TPSA) is 213 Å². The van der Waals surface area contributed by atoms with Gasteiger partial charge in [0.25, 0.3) is 0 Å². The first-order valence-corrected chi connectivity index (χ1v) is 55.2. The zero-order valence-electron chi connectivity index (χ0n) is 87.9. The number of rotatable bonds is 12. The maximum Gasteiger partial charge on any atom is 0.0911 e. The number of nitrogens with zero attached hydrogens (tertiary/aromatic N) is 4. The van der Waals surface area contributed by atoms with Crippen molar-refractivity contribution in [2.75, 3.05) is 0 Å². The molecule has 17 rings (SSSR count). The zero-order chi connectivity index (χ0) is 99.6. The van der Waals surface area contributed by atoms with Crippen LogP contribution >= 0.6 is 0 Å². The minimum Gasteiger partial charge on any atom is -0.513 e. The molecular formula is C121H152Ir4N4O8Si2-4. The third-order valence-corrected chi connectivity index (χ3v) is 28.4. The molecule has 0 aliphatic heterocycles.